The van der Waals surface area contributed by atoms with Crippen LogP contribution in [-0.2, 0) is 22.7 Å². The Hall–Kier alpha value is -3.12. The molecule has 0 unspecified atom stereocenters. The topological polar surface area (TPSA) is 70.7 Å². The van der Waals surface area contributed by atoms with Crippen molar-refractivity contribution in [3.05, 3.63) is 77.9 Å². The van der Waals surface area contributed by atoms with Gasteiger partial charge >= 0.3 is 0 Å². The van der Waals surface area contributed by atoms with Crippen LogP contribution in [0.15, 0.2) is 66.7 Å². The number of piperidine rings is 1. The zero-order valence-electron chi connectivity index (χ0n) is 18.3. The Morgan fingerprint density at radius 1 is 1.09 bits per heavy atom. The fourth-order valence-corrected chi connectivity index (χ4v) is 4.41. The molecule has 2 aromatic rings. The van der Waals surface area contributed by atoms with Crippen molar-refractivity contribution in [2.24, 2.45) is 11.8 Å². The minimum Gasteiger partial charge on any atom is -0.489 e. The minimum atomic E-state index is 0.0572. The highest BCUT2D eigenvalue weighted by Crippen LogP contribution is 2.28. The number of para-hydroxylation sites is 1. The van der Waals surface area contributed by atoms with Crippen molar-refractivity contribution in [2.75, 3.05) is 26.2 Å². The molecular weight excluding hydrogens is 402 g/mol. The Morgan fingerprint density at radius 3 is 2.78 bits per heavy atom. The average Bonchev–Trinajstić information content (AvgIpc) is 2.83. The molecule has 0 aromatic heterocycles. The molecule has 1 saturated heterocycles. The van der Waals surface area contributed by atoms with Crippen molar-refractivity contribution in [1.82, 2.24) is 15.5 Å². The molecule has 0 spiro atoms. The Labute approximate surface area is 189 Å². The van der Waals surface area contributed by atoms with Gasteiger partial charge in [-0.25, -0.2) is 0 Å². The summed E-state index contributed by atoms with van der Waals surface area (Å²) in [6.07, 6.45) is 5.44. The standard InChI is InChI=1S/C26H31N3O3/c30-25(28-16-20-7-2-1-3-8-20)15-21-12-13-29-19-23(21)10-6-14-32-24-11-5-4-9-22(24)17-27-18-26(29)31/h1-11,21,23,27H,12-19H2,(H,28,30)/b10-6+/t21-,23-/m0/s1. The van der Waals surface area contributed by atoms with Crippen LogP contribution in [0.4, 0.5) is 0 Å². The van der Waals surface area contributed by atoms with E-state index < -0.39 is 0 Å². The first-order chi connectivity index (χ1) is 15.7. The van der Waals surface area contributed by atoms with E-state index in [1.54, 1.807) is 0 Å². The summed E-state index contributed by atoms with van der Waals surface area (Å²) in [6, 6.07) is 17.8. The minimum absolute atomic E-state index is 0.0572. The Morgan fingerprint density at radius 2 is 1.91 bits per heavy atom. The number of nitrogens with zero attached hydrogens (tertiary/aromatic N) is 1. The van der Waals surface area contributed by atoms with E-state index in [0.29, 0.717) is 45.8 Å². The number of amides is 2. The SMILES string of the molecule is O=C(C[C@@H]1CCN2C[C@@H]1/C=C/COc1ccccc1CNCC2=O)NCc1ccccc1. The molecule has 2 heterocycles. The predicted molar refractivity (Wildman–Crippen MR) is 124 cm³/mol. The first-order valence-corrected chi connectivity index (χ1v) is 11.4. The monoisotopic (exact) mass is 433 g/mol. The van der Waals surface area contributed by atoms with Crippen LogP contribution in [0.5, 0.6) is 5.75 Å². The van der Waals surface area contributed by atoms with Crippen molar-refractivity contribution < 1.29 is 14.3 Å². The number of hydrogen-bond acceptors (Lipinski definition) is 4. The Balaban J connectivity index is 1.40. The summed E-state index contributed by atoms with van der Waals surface area (Å²) in [5.41, 5.74) is 2.13. The maximum atomic E-state index is 12.8. The van der Waals surface area contributed by atoms with Crippen molar-refractivity contribution in [1.29, 1.82) is 0 Å². The number of benzene rings is 2. The lowest BCUT2D eigenvalue weighted by molar-refractivity contribution is -0.132. The van der Waals surface area contributed by atoms with Crippen molar-refractivity contribution in [3.63, 3.8) is 0 Å². The number of carbonyl (C=O) groups excluding carboxylic acids is 2. The summed E-state index contributed by atoms with van der Waals surface area (Å²) in [5.74, 6) is 1.33. The van der Waals surface area contributed by atoms with Crippen LogP contribution in [0.2, 0.25) is 0 Å². The van der Waals surface area contributed by atoms with Gasteiger partial charge in [0.2, 0.25) is 11.8 Å². The molecular formula is C26H31N3O3. The molecule has 2 bridgehead atoms. The third-order valence-electron chi connectivity index (χ3n) is 6.22. The molecule has 32 heavy (non-hydrogen) atoms. The van der Waals surface area contributed by atoms with Gasteiger partial charge in [0.25, 0.3) is 0 Å². The fraction of sp³-hybridized carbons (Fsp3) is 0.385. The lowest BCUT2D eigenvalue weighted by atomic mass is 9.82. The molecule has 2 aliphatic heterocycles. The summed E-state index contributed by atoms with van der Waals surface area (Å²) in [7, 11) is 0. The number of rotatable bonds is 4. The van der Waals surface area contributed by atoms with Crippen LogP contribution in [0.1, 0.15) is 24.0 Å². The van der Waals surface area contributed by atoms with Gasteiger partial charge in [-0.15, -0.1) is 0 Å². The highest BCUT2D eigenvalue weighted by Gasteiger charge is 2.31. The first kappa shape index (κ1) is 22.1. The van der Waals surface area contributed by atoms with Crippen molar-refractivity contribution in [2.45, 2.75) is 25.9 Å². The zero-order chi connectivity index (χ0) is 22.2. The Kier molecular flexibility index (Phi) is 7.56. The second-order valence-corrected chi connectivity index (χ2v) is 8.47. The van der Waals surface area contributed by atoms with Crippen LogP contribution in [-0.4, -0.2) is 43.0 Å². The molecule has 2 aromatic carbocycles. The third-order valence-corrected chi connectivity index (χ3v) is 6.22. The number of ether oxygens (including phenoxy) is 1. The largest absolute Gasteiger partial charge is 0.489 e. The quantitative estimate of drug-likeness (QED) is 0.728. The zero-order valence-corrected chi connectivity index (χ0v) is 18.3. The molecule has 0 aliphatic carbocycles. The molecule has 168 valence electrons. The molecule has 0 saturated carbocycles. The molecule has 4 rings (SSSR count). The van der Waals surface area contributed by atoms with E-state index in [4.69, 9.17) is 4.74 Å². The smallest absolute Gasteiger partial charge is 0.236 e. The van der Waals surface area contributed by atoms with E-state index in [1.165, 1.54) is 0 Å². The van der Waals surface area contributed by atoms with E-state index in [2.05, 4.69) is 16.7 Å². The maximum absolute atomic E-state index is 12.8. The van der Waals surface area contributed by atoms with Gasteiger partial charge in [-0.2, -0.15) is 0 Å². The second-order valence-electron chi connectivity index (χ2n) is 8.47. The van der Waals surface area contributed by atoms with Gasteiger partial charge in [-0.3, -0.25) is 9.59 Å². The maximum Gasteiger partial charge on any atom is 0.236 e. The highest BCUT2D eigenvalue weighted by atomic mass is 16.5. The summed E-state index contributed by atoms with van der Waals surface area (Å²) in [5, 5.41) is 6.29. The van der Waals surface area contributed by atoms with E-state index in [9.17, 15) is 9.59 Å². The summed E-state index contributed by atoms with van der Waals surface area (Å²) < 4.78 is 5.96. The van der Waals surface area contributed by atoms with Gasteiger partial charge < -0.3 is 20.3 Å². The summed E-state index contributed by atoms with van der Waals surface area (Å²) in [6.45, 7) is 3.22. The molecule has 2 aliphatic rings. The highest BCUT2D eigenvalue weighted by molar-refractivity contribution is 5.79. The summed E-state index contributed by atoms with van der Waals surface area (Å²) in [4.78, 5) is 27.3. The lowest BCUT2D eigenvalue weighted by Gasteiger charge is -2.37. The van der Waals surface area contributed by atoms with Gasteiger partial charge in [0.15, 0.2) is 0 Å². The van der Waals surface area contributed by atoms with Crippen molar-refractivity contribution >= 4 is 11.8 Å². The molecule has 6 heteroatoms. The molecule has 1 fully saturated rings. The third kappa shape index (κ3) is 5.98. The number of nitrogens with one attached hydrogen (secondary N) is 2. The molecule has 2 atom stereocenters. The van der Waals surface area contributed by atoms with Crippen LogP contribution >= 0.6 is 0 Å². The molecule has 0 radical (unpaired) electrons. The van der Waals surface area contributed by atoms with Gasteiger partial charge in [-0.1, -0.05) is 60.7 Å². The Bertz CT molecular complexity index is 944. The first-order valence-electron chi connectivity index (χ1n) is 11.4. The van der Waals surface area contributed by atoms with Crippen LogP contribution in [0.3, 0.4) is 0 Å². The molecule has 6 nitrogen and oxygen atoms in total. The van der Waals surface area contributed by atoms with Crippen molar-refractivity contribution in [3.8, 4) is 5.75 Å². The van der Waals surface area contributed by atoms with Crippen LogP contribution < -0.4 is 15.4 Å². The second kappa shape index (κ2) is 11.0. The number of carbonyl (C=O) groups is 2. The van der Waals surface area contributed by atoms with Crippen LogP contribution in [0.25, 0.3) is 0 Å². The van der Waals surface area contributed by atoms with Gasteiger partial charge in [-0.05, 0) is 29.9 Å². The summed E-state index contributed by atoms with van der Waals surface area (Å²) >= 11 is 0. The number of hydrogen-bond donors (Lipinski definition) is 2. The van der Waals surface area contributed by atoms with E-state index in [0.717, 1.165) is 23.3 Å². The van der Waals surface area contributed by atoms with Crippen LogP contribution in [0, 0.1) is 11.8 Å². The average molecular weight is 434 g/mol. The van der Waals surface area contributed by atoms with E-state index in [-0.39, 0.29) is 23.7 Å². The lowest BCUT2D eigenvalue weighted by Crippen LogP contribution is -2.47. The molecule has 2 amide bonds. The molecule has 2 N–H and O–H groups in total. The van der Waals surface area contributed by atoms with E-state index in [1.807, 2.05) is 65.6 Å². The van der Waals surface area contributed by atoms with E-state index >= 15 is 0 Å². The van der Waals surface area contributed by atoms with Gasteiger partial charge in [0.1, 0.15) is 12.4 Å². The van der Waals surface area contributed by atoms with Gasteiger partial charge in [0.05, 0.1) is 6.54 Å². The number of fused-ring (bicyclic) bond motifs is 3. The fourth-order valence-electron chi connectivity index (χ4n) is 4.41. The normalized spacial score (nSPS) is 22.4. The van der Waals surface area contributed by atoms with Gasteiger partial charge in [0, 0.05) is 38.2 Å². The predicted octanol–water partition coefficient (Wildman–Crippen LogP) is 2.90.